The van der Waals surface area contributed by atoms with Gasteiger partial charge in [0.1, 0.15) is 11.5 Å². The van der Waals surface area contributed by atoms with Crippen LogP contribution in [0.2, 0.25) is 0 Å². The molecule has 0 radical (unpaired) electrons. The fourth-order valence-corrected chi connectivity index (χ4v) is 3.17. The molecule has 0 saturated carbocycles. The molecule has 1 heterocycles. The maximum atomic E-state index is 11.9. The third-order valence-corrected chi connectivity index (χ3v) is 4.95. The molecule has 5 nitrogen and oxygen atoms in total. The zero-order valence-corrected chi connectivity index (χ0v) is 15.3. The molecule has 0 bridgehead atoms. The first-order valence-corrected chi connectivity index (χ1v) is 8.69. The summed E-state index contributed by atoms with van der Waals surface area (Å²) in [5.74, 6) is -0.00640. The predicted octanol–water partition coefficient (Wildman–Crippen LogP) is 3.84. The Morgan fingerprint density at radius 2 is 1.77 bits per heavy atom. The molecule has 1 fully saturated rings. The van der Waals surface area contributed by atoms with Crippen LogP contribution >= 0.6 is 0 Å². The van der Waals surface area contributed by atoms with E-state index in [9.17, 15) is 9.59 Å². The van der Waals surface area contributed by atoms with Crippen LogP contribution in [-0.2, 0) is 16.1 Å². The molecule has 1 atom stereocenters. The second-order valence-corrected chi connectivity index (χ2v) is 6.91. The minimum absolute atomic E-state index is 0.0858. The topological polar surface area (TPSA) is 66.8 Å². The van der Waals surface area contributed by atoms with Gasteiger partial charge in [0.15, 0.2) is 0 Å². The van der Waals surface area contributed by atoms with E-state index in [4.69, 9.17) is 9.84 Å². The lowest BCUT2D eigenvalue weighted by Gasteiger charge is -2.17. The second kappa shape index (κ2) is 7.20. The lowest BCUT2D eigenvalue weighted by Crippen LogP contribution is -2.25. The SMILES string of the molecule is Cc1ccc(C)c(Oc2ccc(CN3CC(C(=O)O)CC3=O)cc2)c1C. The average molecular weight is 353 g/mol. The molecule has 136 valence electrons. The minimum Gasteiger partial charge on any atom is -0.481 e. The van der Waals surface area contributed by atoms with Crippen molar-refractivity contribution in [2.75, 3.05) is 6.54 Å². The minimum atomic E-state index is -0.909. The lowest BCUT2D eigenvalue weighted by atomic mass is 10.1. The van der Waals surface area contributed by atoms with E-state index >= 15 is 0 Å². The molecule has 1 aliphatic heterocycles. The van der Waals surface area contributed by atoms with E-state index in [-0.39, 0.29) is 18.9 Å². The van der Waals surface area contributed by atoms with Gasteiger partial charge < -0.3 is 14.7 Å². The summed E-state index contributed by atoms with van der Waals surface area (Å²) in [5.41, 5.74) is 4.34. The number of amides is 1. The number of nitrogens with zero attached hydrogens (tertiary/aromatic N) is 1. The van der Waals surface area contributed by atoms with Gasteiger partial charge in [-0.15, -0.1) is 0 Å². The van der Waals surface area contributed by atoms with Crippen molar-refractivity contribution in [1.82, 2.24) is 4.90 Å². The van der Waals surface area contributed by atoms with Gasteiger partial charge in [0.2, 0.25) is 5.91 Å². The van der Waals surface area contributed by atoms with E-state index in [1.54, 1.807) is 4.90 Å². The number of rotatable bonds is 5. The van der Waals surface area contributed by atoms with Crippen LogP contribution in [0.3, 0.4) is 0 Å². The summed E-state index contributed by atoms with van der Waals surface area (Å²) in [5, 5.41) is 9.06. The molecule has 0 aliphatic carbocycles. The number of ether oxygens (including phenoxy) is 1. The summed E-state index contributed by atoms with van der Waals surface area (Å²) in [7, 11) is 0. The number of carboxylic acids is 1. The highest BCUT2D eigenvalue weighted by atomic mass is 16.5. The second-order valence-electron chi connectivity index (χ2n) is 6.91. The average Bonchev–Trinajstić information content (AvgIpc) is 2.98. The largest absolute Gasteiger partial charge is 0.481 e. The fraction of sp³-hybridized carbons (Fsp3) is 0.333. The molecule has 1 aliphatic rings. The van der Waals surface area contributed by atoms with Crippen LogP contribution in [0.15, 0.2) is 36.4 Å². The Kier molecular flexibility index (Phi) is 4.98. The van der Waals surface area contributed by atoms with Crippen LogP contribution in [0.25, 0.3) is 0 Å². The van der Waals surface area contributed by atoms with Gasteiger partial charge in [-0.3, -0.25) is 9.59 Å². The number of carbonyl (C=O) groups is 2. The number of aryl methyl sites for hydroxylation is 2. The Morgan fingerprint density at radius 3 is 2.38 bits per heavy atom. The number of hydrogen-bond donors (Lipinski definition) is 1. The Morgan fingerprint density at radius 1 is 1.12 bits per heavy atom. The molecule has 3 rings (SSSR count). The smallest absolute Gasteiger partial charge is 0.308 e. The highest BCUT2D eigenvalue weighted by molar-refractivity contribution is 5.86. The van der Waals surface area contributed by atoms with E-state index in [0.29, 0.717) is 6.54 Å². The van der Waals surface area contributed by atoms with Gasteiger partial charge in [0.05, 0.1) is 5.92 Å². The molecule has 1 amide bonds. The third-order valence-electron chi connectivity index (χ3n) is 4.95. The van der Waals surface area contributed by atoms with Gasteiger partial charge in [0, 0.05) is 19.5 Å². The molecule has 2 aromatic rings. The summed E-state index contributed by atoms with van der Waals surface area (Å²) in [6.07, 6.45) is 0.0858. The monoisotopic (exact) mass is 353 g/mol. The van der Waals surface area contributed by atoms with Crippen LogP contribution in [0.5, 0.6) is 11.5 Å². The molecule has 2 aromatic carbocycles. The van der Waals surface area contributed by atoms with E-state index in [1.807, 2.05) is 44.2 Å². The van der Waals surface area contributed by atoms with Gasteiger partial charge in [-0.05, 0) is 55.2 Å². The first kappa shape index (κ1) is 18.0. The van der Waals surface area contributed by atoms with Crippen LogP contribution in [-0.4, -0.2) is 28.4 Å². The van der Waals surface area contributed by atoms with Crippen molar-refractivity contribution in [2.45, 2.75) is 33.7 Å². The highest BCUT2D eigenvalue weighted by Gasteiger charge is 2.34. The zero-order valence-electron chi connectivity index (χ0n) is 15.3. The van der Waals surface area contributed by atoms with Crippen molar-refractivity contribution < 1.29 is 19.4 Å². The molecule has 5 heteroatoms. The maximum Gasteiger partial charge on any atom is 0.308 e. The summed E-state index contributed by atoms with van der Waals surface area (Å²) < 4.78 is 6.06. The quantitative estimate of drug-likeness (QED) is 0.887. The fourth-order valence-electron chi connectivity index (χ4n) is 3.17. The molecule has 1 saturated heterocycles. The van der Waals surface area contributed by atoms with E-state index in [2.05, 4.69) is 13.0 Å². The summed E-state index contributed by atoms with van der Waals surface area (Å²) in [6.45, 7) is 6.82. The number of likely N-dealkylation sites (tertiary alicyclic amines) is 1. The lowest BCUT2D eigenvalue weighted by molar-refractivity contribution is -0.141. The van der Waals surface area contributed by atoms with Crippen molar-refractivity contribution in [2.24, 2.45) is 5.92 Å². The van der Waals surface area contributed by atoms with Gasteiger partial charge in [-0.25, -0.2) is 0 Å². The van der Waals surface area contributed by atoms with Gasteiger partial charge in [-0.2, -0.15) is 0 Å². The number of benzene rings is 2. The Hall–Kier alpha value is -2.82. The van der Waals surface area contributed by atoms with E-state index < -0.39 is 11.9 Å². The Balaban J connectivity index is 1.69. The normalized spacial score (nSPS) is 16.8. The van der Waals surface area contributed by atoms with Gasteiger partial charge in [0.25, 0.3) is 0 Å². The summed E-state index contributed by atoms with van der Waals surface area (Å²) in [6, 6.07) is 11.7. The van der Waals surface area contributed by atoms with Gasteiger partial charge in [-0.1, -0.05) is 24.3 Å². The molecular weight excluding hydrogens is 330 g/mol. The summed E-state index contributed by atoms with van der Waals surface area (Å²) in [4.78, 5) is 24.6. The number of hydrogen-bond acceptors (Lipinski definition) is 3. The van der Waals surface area contributed by atoms with Crippen molar-refractivity contribution >= 4 is 11.9 Å². The maximum absolute atomic E-state index is 11.9. The van der Waals surface area contributed by atoms with Crippen LogP contribution in [0.1, 0.15) is 28.7 Å². The van der Waals surface area contributed by atoms with Crippen LogP contribution in [0, 0.1) is 26.7 Å². The van der Waals surface area contributed by atoms with Crippen molar-refractivity contribution in [3.05, 3.63) is 58.7 Å². The predicted molar refractivity (Wildman–Crippen MR) is 98.3 cm³/mol. The Labute approximate surface area is 153 Å². The third kappa shape index (κ3) is 3.72. The zero-order chi connectivity index (χ0) is 18.8. The van der Waals surface area contributed by atoms with Crippen LogP contribution in [0.4, 0.5) is 0 Å². The van der Waals surface area contributed by atoms with Crippen molar-refractivity contribution in [3.8, 4) is 11.5 Å². The molecular formula is C21H23NO4. The Bertz CT molecular complexity index is 842. The van der Waals surface area contributed by atoms with E-state index in [1.165, 1.54) is 5.56 Å². The van der Waals surface area contributed by atoms with Crippen molar-refractivity contribution in [3.63, 3.8) is 0 Å². The first-order valence-electron chi connectivity index (χ1n) is 8.69. The number of carboxylic acid groups (broad SMARTS) is 1. The molecule has 1 N–H and O–H groups in total. The van der Waals surface area contributed by atoms with Crippen molar-refractivity contribution in [1.29, 1.82) is 0 Å². The molecule has 0 aromatic heterocycles. The highest BCUT2D eigenvalue weighted by Crippen LogP contribution is 2.31. The molecule has 1 unspecified atom stereocenters. The summed E-state index contributed by atoms with van der Waals surface area (Å²) >= 11 is 0. The van der Waals surface area contributed by atoms with Gasteiger partial charge >= 0.3 is 5.97 Å². The molecule has 0 spiro atoms. The molecule has 26 heavy (non-hydrogen) atoms. The van der Waals surface area contributed by atoms with E-state index in [0.717, 1.165) is 28.2 Å². The standard InChI is InChI=1S/C21H23NO4/c1-13-4-5-14(2)20(15(13)3)26-18-8-6-16(7-9-18)11-22-12-17(21(24)25)10-19(22)23/h4-9,17H,10-12H2,1-3H3,(H,24,25). The van der Waals surface area contributed by atoms with Crippen LogP contribution < -0.4 is 4.74 Å². The number of aliphatic carboxylic acids is 1. The number of carbonyl (C=O) groups excluding carboxylic acids is 1. The first-order chi connectivity index (χ1) is 12.3.